The largest absolute Gasteiger partial charge is 0.461 e. The molecule has 0 bridgehead atoms. The van der Waals surface area contributed by atoms with Crippen LogP contribution in [-0.2, 0) is 23.7 Å². The third-order valence-electron chi connectivity index (χ3n) is 9.74. The van der Waals surface area contributed by atoms with Gasteiger partial charge in [-0.2, -0.15) is 0 Å². The molecule has 4 fully saturated rings. The van der Waals surface area contributed by atoms with Crippen molar-refractivity contribution in [2.75, 3.05) is 46.6 Å². The minimum Gasteiger partial charge on any atom is -0.461 e. The molecule has 16 nitrogen and oxygen atoms in total. The Balaban J connectivity index is 1.08. The van der Waals surface area contributed by atoms with Crippen LogP contribution in [-0.4, -0.2) is 126 Å². The van der Waals surface area contributed by atoms with E-state index in [2.05, 4.69) is 0 Å². The van der Waals surface area contributed by atoms with E-state index in [1.165, 1.54) is 0 Å². The molecule has 16 heteroatoms. The maximum Gasteiger partial charge on any atom is 0.231 e. The van der Waals surface area contributed by atoms with Crippen LogP contribution in [0.4, 0.5) is 0 Å². The second-order valence-electron chi connectivity index (χ2n) is 12.5. The summed E-state index contributed by atoms with van der Waals surface area (Å²) in [6.07, 6.45) is -11.5. The van der Waals surface area contributed by atoms with E-state index in [1.807, 2.05) is 18.2 Å². The van der Waals surface area contributed by atoms with E-state index in [1.54, 1.807) is 12.1 Å². The molecule has 4 saturated heterocycles. The van der Waals surface area contributed by atoms with Gasteiger partial charge in [-0.3, -0.25) is 0 Å². The molecule has 0 radical (unpaired) electrons. The van der Waals surface area contributed by atoms with Gasteiger partial charge in [0.05, 0.1) is 45.2 Å². The topological polar surface area (TPSA) is 214 Å². The van der Waals surface area contributed by atoms with Crippen LogP contribution >= 0.6 is 0 Å². The highest BCUT2D eigenvalue weighted by Gasteiger charge is 2.54. The van der Waals surface area contributed by atoms with Crippen LogP contribution in [0.3, 0.4) is 0 Å². The van der Waals surface area contributed by atoms with Gasteiger partial charge >= 0.3 is 0 Å². The van der Waals surface area contributed by atoms with Crippen LogP contribution in [0.15, 0.2) is 30.3 Å². The Bertz CT molecular complexity index is 1470. The average Bonchev–Trinajstić information content (AvgIpc) is 3.91. The van der Waals surface area contributed by atoms with Crippen molar-refractivity contribution in [1.82, 2.24) is 0 Å². The first-order valence-corrected chi connectivity index (χ1v) is 15.4. The predicted molar refractivity (Wildman–Crippen MR) is 151 cm³/mol. The molecule has 0 aliphatic carbocycles. The SMILES string of the molecule is OC[C@H]1O[C@@H](Oc2cc3c(cc2[C@H]2OC[C@@H]4[C@H]2CO[C@H]4c2ccc4c(c2)OCO4)OCO3)[C@H](O[C@@H]2OC[C@](O)(CO)[C@H]2O)[C@@H](O)[C@@H]1O. The first-order valence-electron chi connectivity index (χ1n) is 15.4. The quantitative estimate of drug-likeness (QED) is 0.197. The Morgan fingerprint density at radius 3 is 2.17 bits per heavy atom. The minimum atomic E-state index is -2.00. The maximum atomic E-state index is 11.1. The van der Waals surface area contributed by atoms with E-state index in [0.717, 1.165) is 5.56 Å². The van der Waals surface area contributed by atoms with Gasteiger partial charge in [-0.1, -0.05) is 6.07 Å². The molecule has 6 heterocycles. The summed E-state index contributed by atoms with van der Waals surface area (Å²) in [6.45, 7) is -0.990. The summed E-state index contributed by atoms with van der Waals surface area (Å²) < 4.78 is 58.4. The highest BCUT2D eigenvalue weighted by atomic mass is 16.8. The van der Waals surface area contributed by atoms with Crippen LogP contribution in [0.5, 0.6) is 28.7 Å². The molecule has 256 valence electrons. The van der Waals surface area contributed by atoms with Crippen molar-refractivity contribution in [3.63, 3.8) is 0 Å². The molecule has 2 aromatic rings. The number of hydrogen-bond acceptors (Lipinski definition) is 16. The second kappa shape index (κ2) is 12.2. The molecule has 8 rings (SSSR count). The van der Waals surface area contributed by atoms with Crippen LogP contribution in [0.2, 0.25) is 0 Å². The highest BCUT2D eigenvalue weighted by molar-refractivity contribution is 5.53. The van der Waals surface area contributed by atoms with E-state index < -0.39 is 74.6 Å². The second-order valence-corrected chi connectivity index (χ2v) is 12.5. The standard InChI is InChI=1S/C31H36O16/c32-6-22-23(34)24(35)27(47-30-28(36)31(37,9-33)10-40-30)29(46-22)45-18-5-21-20(43-12-44-21)4-14(18)26-16-8-38-25(15(16)7-39-26)13-1-2-17-19(3-13)42-11-41-17/h1-5,15-16,22-30,32-37H,6-12H2/t15-,16-,22-,23-,24+,25+,26-,27-,28+,29-,30+,31-/m1/s1. The van der Waals surface area contributed by atoms with Gasteiger partial charge in [0, 0.05) is 23.5 Å². The van der Waals surface area contributed by atoms with Crippen molar-refractivity contribution in [1.29, 1.82) is 0 Å². The van der Waals surface area contributed by atoms with E-state index in [-0.39, 0.29) is 37.3 Å². The Morgan fingerprint density at radius 1 is 0.766 bits per heavy atom. The van der Waals surface area contributed by atoms with Gasteiger partial charge in [0.15, 0.2) is 35.4 Å². The fourth-order valence-electron chi connectivity index (χ4n) is 7.05. The summed E-state index contributed by atoms with van der Waals surface area (Å²) in [4.78, 5) is 0. The molecule has 0 amide bonds. The Kier molecular flexibility index (Phi) is 8.09. The van der Waals surface area contributed by atoms with Gasteiger partial charge in [0.1, 0.15) is 35.8 Å². The normalized spacial score (nSPS) is 40.2. The van der Waals surface area contributed by atoms with Crippen LogP contribution < -0.4 is 23.7 Å². The van der Waals surface area contributed by atoms with Crippen molar-refractivity contribution < 1.29 is 78.0 Å². The molecular formula is C31H36O16. The summed E-state index contributed by atoms with van der Waals surface area (Å²) in [7, 11) is 0. The monoisotopic (exact) mass is 664 g/mol. The van der Waals surface area contributed by atoms with E-state index in [9.17, 15) is 30.6 Å². The van der Waals surface area contributed by atoms with Gasteiger partial charge in [0.25, 0.3) is 0 Å². The van der Waals surface area contributed by atoms with Gasteiger partial charge < -0.3 is 78.0 Å². The number of fused-ring (bicyclic) bond motifs is 3. The Morgan fingerprint density at radius 2 is 1.45 bits per heavy atom. The molecule has 6 N–H and O–H groups in total. The molecule has 0 unspecified atom stereocenters. The van der Waals surface area contributed by atoms with Crippen molar-refractivity contribution in [3.05, 3.63) is 41.5 Å². The first-order chi connectivity index (χ1) is 22.8. The number of rotatable bonds is 8. The van der Waals surface area contributed by atoms with Crippen LogP contribution in [0, 0.1) is 11.8 Å². The Labute approximate surface area is 267 Å². The number of aliphatic hydroxyl groups is 6. The lowest BCUT2D eigenvalue weighted by Crippen LogP contribution is -2.62. The maximum absolute atomic E-state index is 11.1. The number of ether oxygens (including phenoxy) is 10. The van der Waals surface area contributed by atoms with Crippen molar-refractivity contribution >= 4 is 0 Å². The number of aliphatic hydroxyl groups excluding tert-OH is 5. The summed E-state index contributed by atoms with van der Waals surface area (Å²) in [6, 6.07) is 9.07. The molecule has 0 aromatic heterocycles. The molecule has 0 saturated carbocycles. The summed E-state index contributed by atoms with van der Waals surface area (Å²) in [5.41, 5.74) is -0.487. The fraction of sp³-hybridized carbons (Fsp3) is 0.613. The third kappa shape index (κ3) is 5.28. The lowest BCUT2D eigenvalue weighted by molar-refractivity contribution is -0.319. The zero-order valence-electron chi connectivity index (χ0n) is 25.0. The average molecular weight is 665 g/mol. The minimum absolute atomic E-state index is 0.0114. The predicted octanol–water partition coefficient (Wildman–Crippen LogP) is -1.14. The smallest absolute Gasteiger partial charge is 0.231 e. The molecular weight excluding hydrogens is 628 g/mol. The van der Waals surface area contributed by atoms with Gasteiger partial charge in [-0.05, 0) is 23.8 Å². The van der Waals surface area contributed by atoms with E-state index in [0.29, 0.717) is 41.8 Å². The highest BCUT2D eigenvalue weighted by Crippen LogP contribution is 2.54. The zero-order chi connectivity index (χ0) is 32.4. The van der Waals surface area contributed by atoms with Gasteiger partial charge in [0.2, 0.25) is 19.9 Å². The molecule has 6 aliphatic heterocycles. The first kappa shape index (κ1) is 31.3. The summed E-state index contributed by atoms with van der Waals surface area (Å²) in [5, 5.41) is 62.2. The summed E-state index contributed by atoms with van der Waals surface area (Å²) in [5.74, 6) is 2.31. The van der Waals surface area contributed by atoms with Crippen LogP contribution in [0.25, 0.3) is 0 Å². The van der Waals surface area contributed by atoms with Gasteiger partial charge in [-0.25, -0.2) is 0 Å². The Hall–Kier alpha value is -3.00. The molecule has 0 spiro atoms. The molecule has 47 heavy (non-hydrogen) atoms. The van der Waals surface area contributed by atoms with Crippen molar-refractivity contribution in [2.24, 2.45) is 11.8 Å². The van der Waals surface area contributed by atoms with Crippen molar-refractivity contribution in [2.45, 2.75) is 60.9 Å². The fourth-order valence-corrected chi connectivity index (χ4v) is 7.05. The molecule has 6 aliphatic rings. The van der Waals surface area contributed by atoms with E-state index >= 15 is 0 Å². The zero-order valence-corrected chi connectivity index (χ0v) is 25.0. The molecule has 2 aromatic carbocycles. The number of hydrogen-bond donors (Lipinski definition) is 6. The molecule has 12 atom stereocenters. The lowest BCUT2D eigenvalue weighted by atomic mass is 9.84. The number of benzene rings is 2. The van der Waals surface area contributed by atoms with Crippen molar-refractivity contribution in [3.8, 4) is 28.7 Å². The van der Waals surface area contributed by atoms with E-state index in [4.69, 9.17) is 47.4 Å². The third-order valence-corrected chi connectivity index (χ3v) is 9.74. The summed E-state index contributed by atoms with van der Waals surface area (Å²) >= 11 is 0. The van der Waals surface area contributed by atoms with Crippen LogP contribution in [0.1, 0.15) is 23.3 Å². The van der Waals surface area contributed by atoms with Gasteiger partial charge in [-0.15, -0.1) is 0 Å². The lowest BCUT2D eigenvalue weighted by Gasteiger charge is -2.43.